The van der Waals surface area contributed by atoms with Crippen LogP contribution in [-0.4, -0.2) is 27.0 Å². The molecule has 0 saturated heterocycles. The van der Waals surface area contributed by atoms with Gasteiger partial charge in [-0.3, -0.25) is 4.79 Å². The molecule has 36 heavy (non-hydrogen) atoms. The van der Waals surface area contributed by atoms with Crippen LogP contribution in [0.2, 0.25) is 0 Å². The van der Waals surface area contributed by atoms with Crippen LogP contribution in [0.3, 0.4) is 0 Å². The molecule has 0 saturated carbocycles. The van der Waals surface area contributed by atoms with Gasteiger partial charge in [0.05, 0.1) is 0 Å². The van der Waals surface area contributed by atoms with Crippen molar-refractivity contribution in [2.75, 3.05) is 5.32 Å². The Hall–Kier alpha value is -4.58. The lowest BCUT2D eigenvalue weighted by molar-refractivity contribution is -0.132. The molecule has 0 fully saturated rings. The van der Waals surface area contributed by atoms with E-state index in [2.05, 4.69) is 58.7 Å². The number of aryl methyl sites for hydroxylation is 1. The molecule has 4 N–H and O–H groups in total. The predicted molar refractivity (Wildman–Crippen MR) is 143 cm³/mol. The molecule has 5 aromatic rings. The van der Waals surface area contributed by atoms with Crippen LogP contribution in [0.1, 0.15) is 35.2 Å². The fourth-order valence-corrected chi connectivity index (χ4v) is 4.96. The summed E-state index contributed by atoms with van der Waals surface area (Å²) in [5, 5.41) is 14.3. The summed E-state index contributed by atoms with van der Waals surface area (Å²) in [6.07, 6.45) is 3.83. The Balaban J connectivity index is 1.61. The van der Waals surface area contributed by atoms with E-state index in [1.54, 1.807) is 0 Å². The summed E-state index contributed by atoms with van der Waals surface area (Å²) < 4.78 is 0. The maximum Gasteiger partial charge on any atom is 0.331 e. The van der Waals surface area contributed by atoms with Gasteiger partial charge in [-0.1, -0.05) is 54.6 Å². The third-order valence-electron chi connectivity index (χ3n) is 6.67. The van der Waals surface area contributed by atoms with Crippen LogP contribution in [0.4, 0.5) is 5.69 Å². The zero-order valence-electron chi connectivity index (χ0n) is 20.1. The van der Waals surface area contributed by atoms with Crippen molar-refractivity contribution in [2.45, 2.75) is 26.2 Å². The molecule has 1 atom stereocenters. The summed E-state index contributed by atoms with van der Waals surface area (Å²) in [4.78, 5) is 30.7. The van der Waals surface area contributed by atoms with Gasteiger partial charge in [-0.2, -0.15) is 0 Å². The highest BCUT2D eigenvalue weighted by Gasteiger charge is 2.25. The Kier molecular flexibility index (Phi) is 6.17. The Morgan fingerprint density at radius 3 is 2.39 bits per heavy atom. The number of benzene rings is 3. The first-order valence-corrected chi connectivity index (χ1v) is 11.9. The minimum atomic E-state index is -1.12. The number of hydrogen-bond donors (Lipinski definition) is 4. The lowest BCUT2D eigenvalue weighted by atomic mass is 9.84. The van der Waals surface area contributed by atoms with Gasteiger partial charge in [0.15, 0.2) is 0 Å². The number of hydrogen-bond acceptors (Lipinski definition) is 2. The largest absolute Gasteiger partial charge is 0.478 e. The number of H-pyrrole nitrogens is 2. The fourth-order valence-electron chi connectivity index (χ4n) is 4.96. The highest BCUT2D eigenvalue weighted by molar-refractivity contribution is 6.04. The van der Waals surface area contributed by atoms with Gasteiger partial charge in [-0.15, -0.1) is 0 Å². The van der Waals surface area contributed by atoms with Gasteiger partial charge in [0.1, 0.15) is 0 Å². The van der Waals surface area contributed by atoms with Gasteiger partial charge in [0.25, 0.3) is 0 Å². The van der Waals surface area contributed by atoms with Crippen molar-refractivity contribution in [1.29, 1.82) is 0 Å². The molecule has 0 radical (unpaired) electrons. The summed E-state index contributed by atoms with van der Waals surface area (Å²) in [5.74, 6) is -1.58. The number of fused-ring (bicyclic) bond motifs is 2. The minimum absolute atomic E-state index is 0.00616. The van der Waals surface area contributed by atoms with E-state index >= 15 is 0 Å². The molecular formula is C30H27N3O3. The second kappa shape index (κ2) is 9.58. The smallest absolute Gasteiger partial charge is 0.331 e. The number of nitrogens with one attached hydrogen (secondary N) is 3. The van der Waals surface area contributed by atoms with E-state index in [-0.39, 0.29) is 11.5 Å². The second-order valence-electron chi connectivity index (χ2n) is 9.03. The molecule has 0 aliphatic carbocycles. The Morgan fingerprint density at radius 2 is 1.61 bits per heavy atom. The summed E-state index contributed by atoms with van der Waals surface area (Å²) >= 11 is 0. The molecule has 1 unspecified atom stereocenters. The van der Waals surface area contributed by atoms with Gasteiger partial charge >= 0.3 is 5.97 Å². The van der Waals surface area contributed by atoms with Crippen molar-refractivity contribution < 1.29 is 14.7 Å². The molecule has 0 bridgehead atoms. The first-order valence-electron chi connectivity index (χ1n) is 11.9. The van der Waals surface area contributed by atoms with Crippen LogP contribution in [0.5, 0.6) is 0 Å². The third kappa shape index (κ3) is 4.41. The normalized spacial score (nSPS) is 12.7. The number of carbonyl (C=O) groups is 2. The van der Waals surface area contributed by atoms with Crippen LogP contribution >= 0.6 is 0 Å². The Labute approximate surface area is 208 Å². The lowest BCUT2D eigenvalue weighted by Gasteiger charge is -2.20. The molecular weight excluding hydrogens is 450 g/mol. The van der Waals surface area contributed by atoms with E-state index in [1.807, 2.05) is 42.5 Å². The van der Waals surface area contributed by atoms with Gasteiger partial charge in [0.2, 0.25) is 5.91 Å². The van der Waals surface area contributed by atoms with Gasteiger partial charge in [0, 0.05) is 57.0 Å². The zero-order chi connectivity index (χ0) is 25.2. The first kappa shape index (κ1) is 23.2. The number of aromatic nitrogens is 2. The van der Waals surface area contributed by atoms with Gasteiger partial charge in [-0.05, 0) is 55.2 Å². The maximum atomic E-state index is 12.6. The average Bonchev–Trinajstić information content (AvgIpc) is 3.44. The van der Waals surface area contributed by atoms with Crippen LogP contribution in [-0.2, 0) is 16.0 Å². The molecule has 0 aliphatic rings. The molecule has 5 rings (SSSR count). The quantitative estimate of drug-likeness (QED) is 0.207. The number of carbonyl (C=O) groups excluding carboxylic acids is 1. The van der Waals surface area contributed by atoms with Crippen LogP contribution in [0.15, 0.2) is 90.6 Å². The van der Waals surface area contributed by atoms with Crippen molar-refractivity contribution in [3.8, 4) is 0 Å². The summed E-state index contributed by atoms with van der Waals surface area (Å²) in [5.41, 5.74) is 7.28. The summed E-state index contributed by atoms with van der Waals surface area (Å²) in [7, 11) is 0. The van der Waals surface area contributed by atoms with Crippen molar-refractivity contribution in [2.24, 2.45) is 0 Å². The van der Waals surface area contributed by atoms with Crippen LogP contribution < -0.4 is 5.32 Å². The lowest BCUT2D eigenvalue weighted by Crippen LogP contribution is -2.14. The van der Waals surface area contributed by atoms with E-state index in [0.717, 1.165) is 33.8 Å². The fraction of sp³-hybridized carbons (Fsp3) is 0.133. The first-order chi connectivity index (χ1) is 17.4. The maximum absolute atomic E-state index is 12.6. The minimum Gasteiger partial charge on any atom is -0.478 e. The van der Waals surface area contributed by atoms with Crippen molar-refractivity contribution in [3.05, 3.63) is 113 Å². The van der Waals surface area contributed by atoms with E-state index in [0.29, 0.717) is 12.1 Å². The molecule has 2 heterocycles. The monoisotopic (exact) mass is 477 g/mol. The number of aliphatic carboxylic acids is 1. The number of carboxylic acids is 1. The number of aromatic amines is 2. The van der Waals surface area contributed by atoms with E-state index < -0.39 is 11.9 Å². The second-order valence-corrected chi connectivity index (χ2v) is 9.03. The third-order valence-corrected chi connectivity index (χ3v) is 6.67. The highest BCUT2D eigenvalue weighted by atomic mass is 16.4. The number of amides is 1. The van der Waals surface area contributed by atoms with Gasteiger partial charge in [-0.25, -0.2) is 4.79 Å². The number of rotatable bonds is 7. The van der Waals surface area contributed by atoms with Crippen LogP contribution in [0, 0.1) is 6.92 Å². The Morgan fingerprint density at radius 1 is 0.944 bits per heavy atom. The zero-order valence-corrected chi connectivity index (χ0v) is 20.1. The van der Waals surface area contributed by atoms with Crippen molar-refractivity contribution >= 4 is 39.4 Å². The molecule has 1 amide bonds. The summed E-state index contributed by atoms with van der Waals surface area (Å²) in [6.45, 7) is 3.50. The average molecular weight is 478 g/mol. The van der Waals surface area contributed by atoms with Crippen LogP contribution in [0.25, 0.3) is 21.8 Å². The molecule has 180 valence electrons. The molecule has 6 nitrogen and oxygen atoms in total. The van der Waals surface area contributed by atoms with E-state index in [1.165, 1.54) is 23.4 Å². The summed E-state index contributed by atoms with van der Waals surface area (Å²) in [6, 6.07) is 24.3. The Bertz CT molecular complexity index is 1620. The number of para-hydroxylation sites is 3. The SMILES string of the molecule is CC(=CC(=O)Nc1ccccc1CC(c1c[nH]c2ccccc12)c1c(C)[nH]c2ccccc12)C(=O)O. The molecule has 6 heteroatoms. The van der Waals surface area contributed by atoms with E-state index in [4.69, 9.17) is 5.11 Å². The standard InChI is InChI=1S/C30H27N3O3/c1-18(30(35)36)15-28(34)33-25-12-6-3-9-20(25)16-23(24-17-31-26-13-7-4-10-21(24)26)29-19(2)32-27-14-8-5-11-22(27)29/h3-15,17,23,31-32H,16H2,1-2H3,(H,33,34)(H,35,36). The van der Waals surface area contributed by atoms with Gasteiger partial charge < -0.3 is 20.4 Å². The highest BCUT2D eigenvalue weighted by Crippen LogP contribution is 2.39. The number of carboxylic acid groups (broad SMARTS) is 1. The number of anilines is 1. The molecule has 2 aromatic heterocycles. The van der Waals surface area contributed by atoms with E-state index in [9.17, 15) is 9.59 Å². The molecule has 0 spiro atoms. The van der Waals surface area contributed by atoms with Crippen molar-refractivity contribution in [1.82, 2.24) is 9.97 Å². The predicted octanol–water partition coefficient (Wildman–Crippen LogP) is 6.30. The van der Waals surface area contributed by atoms with Crippen molar-refractivity contribution in [3.63, 3.8) is 0 Å². The molecule has 3 aromatic carbocycles. The molecule has 0 aliphatic heterocycles. The topological polar surface area (TPSA) is 98.0 Å².